The summed E-state index contributed by atoms with van der Waals surface area (Å²) in [5.74, 6) is -0.829. The maximum Gasteiger partial charge on any atom is 0.305 e. The smallest absolute Gasteiger partial charge is 0.305 e. The van der Waals surface area contributed by atoms with Crippen molar-refractivity contribution in [3.63, 3.8) is 0 Å². The number of benzene rings is 1. The number of carboxylic acids is 1. The standard InChI is InChI=1S/C17H17ClN2O2.ClH/c1-12(10-17(21)22)20-15-7-8-16(18)13(11-15)5-6-14-4-2-3-9-19-14;/h2-9,11-12,20H,10H2,1H3,(H,21,22);1H/b6-5+;/t12-;/m1./s1. The van der Waals surface area contributed by atoms with Gasteiger partial charge >= 0.3 is 5.97 Å². The van der Waals surface area contributed by atoms with Gasteiger partial charge in [-0.25, -0.2) is 0 Å². The summed E-state index contributed by atoms with van der Waals surface area (Å²) < 4.78 is 0. The van der Waals surface area contributed by atoms with E-state index in [1.807, 2.05) is 49.4 Å². The van der Waals surface area contributed by atoms with Crippen molar-refractivity contribution < 1.29 is 9.90 Å². The number of aromatic nitrogens is 1. The molecule has 6 heteroatoms. The van der Waals surface area contributed by atoms with E-state index in [0.717, 1.165) is 16.9 Å². The summed E-state index contributed by atoms with van der Waals surface area (Å²) >= 11 is 6.19. The van der Waals surface area contributed by atoms with Crippen LogP contribution in [0.2, 0.25) is 5.02 Å². The number of aliphatic carboxylic acids is 1. The molecule has 0 aliphatic carbocycles. The topological polar surface area (TPSA) is 62.2 Å². The third-order valence-corrected chi connectivity index (χ3v) is 3.36. The molecule has 1 aromatic carbocycles. The van der Waals surface area contributed by atoms with Crippen molar-refractivity contribution >= 4 is 47.8 Å². The number of nitrogens with zero attached hydrogens (tertiary/aromatic N) is 1. The Labute approximate surface area is 146 Å². The van der Waals surface area contributed by atoms with E-state index in [1.54, 1.807) is 12.3 Å². The molecule has 0 radical (unpaired) electrons. The molecule has 2 aromatic rings. The number of carbonyl (C=O) groups is 1. The fourth-order valence-corrected chi connectivity index (χ4v) is 2.19. The van der Waals surface area contributed by atoms with Gasteiger partial charge in [0.05, 0.1) is 12.1 Å². The highest BCUT2D eigenvalue weighted by Crippen LogP contribution is 2.23. The maximum atomic E-state index is 10.7. The normalized spacial score (nSPS) is 11.7. The number of rotatable bonds is 6. The molecule has 0 saturated carbocycles. The number of nitrogens with one attached hydrogen (secondary N) is 1. The van der Waals surface area contributed by atoms with E-state index in [2.05, 4.69) is 10.3 Å². The van der Waals surface area contributed by atoms with Crippen LogP contribution in [-0.4, -0.2) is 22.1 Å². The number of pyridine rings is 1. The largest absolute Gasteiger partial charge is 0.481 e. The van der Waals surface area contributed by atoms with Crippen molar-refractivity contribution in [2.45, 2.75) is 19.4 Å². The van der Waals surface area contributed by atoms with E-state index in [0.29, 0.717) is 5.02 Å². The summed E-state index contributed by atoms with van der Waals surface area (Å²) in [7, 11) is 0. The number of halogens is 2. The van der Waals surface area contributed by atoms with E-state index in [4.69, 9.17) is 16.7 Å². The van der Waals surface area contributed by atoms with Gasteiger partial charge < -0.3 is 10.4 Å². The predicted molar refractivity (Wildman–Crippen MR) is 97.2 cm³/mol. The fraction of sp³-hybridized carbons (Fsp3) is 0.176. The predicted octanol–water partition coefficient (Wildman–Crippen LogP) is 4.60. The Morgan fingerprint density at radius 1 is 1.35 bits per heavy atom. The monoisotopic (exact) mass is 352 g/mol. The first-order valence-corrected chi connectivity index (χ1v) is 7.29. The van der Waals surface area contributed by atoms with Gasteiger partial charge in [0.15, 0.2) is 0 Å². The second-order valence-electron chi connectivity index (χ2n) is 4.97. The SMILES string of the molecule is C[C@H](CC(=O)O)Nc1ccc(Cl)c(/C=C/c2ccccn2)c1.Cl. The third kappa shape index (κ3) is 6.30. The van der Waals surface area contributed by atoms with Crippen LogP contribution in [-0.2, 0) is 4.79 Å². The van der Waals surface area contributed by atoms with Gasteiger partial charge in [-0.3, -0.25) is 9.78 Å². The van der Waals surface area contributed by atoms with Crippen LogP contribution >= 0.6 is 24.0 Å². The Balaban J connectivity index is 0.00000264. The molecular weight excluding hydrogens is 335 g/mol. The highest BCUT2D eigenvalue weighted by Gasteiger charge is 2.08. The van der Waals surface area contributed by atoms with Crippen molar-refractivity contribution in [3.05, 3.63) is 58.9 Å². The minimum Gasteiger partial charge on any atom is -0.481 e. The molecule has 1 atom stereocenters. The minimum absolute atomic E-state index is 0. The van der Waals surface area contributed by atoms with Crippen molar-refractivity contribution in [2.24, 2.45) is 0 Å². The molecule has 0 aliphatic heterocycles. The first-order valence-electron chi connectivity index (χ1n) is 6.91. The van der Waals surface area contributed by atoms with Crippen molar-refractivity contribution in [3.8, 4) is 0 Å². The lowest BCUT2D eigenvalue weighted by Gasteiger charge is -2.14. The zero-order valence-electron chi connectivity index (χ0n) is 12.6. The van der Waals surface area contributed by atoms with Crippen LogP contribution in [0.25, 0.3) is 12.2 Å². The van der Waals surface area contributed by atoms with Crippen molar-refractivity contribution in [1.29, 1.82) is 0 Å². The van der Waals surface area contributed by atoms with Crippen LogP contribution in [0, 0.1) is 0 Å². The Hall–Kier alpha value is -2.04. The molecule has 0 amide bonds. The Bertz CT molecular complexity index is 676. The van der Waals surface area contributed by atoms with Crippen LogP contribution < -0.4 is 5.32 Å². The number of hydrogen-bond acceptors (Lipinski definition) is 3. The first kappa shape index (κ1) is 19.0. The Kier molecular flexibility index (Phi) is 7.59. The second-order valence-corrected chi connectivity index (χ2v) is 5.37. The molecule has 1 aromatic heterocycles. The molecule has 4 nitrogen and oxygen atoms in total. The second kappa shape index (κ2) is 9.18. The minimum atomic E-state index is -0.829. The van der Waals surface area contributed by atoms with E-state index in [9.17, 15) is 4.79 Å². The Morgan fingerprint density at radius 3 is 2.78 bits per heavy atom. The molecule has 0 bridgehead atoms. The van der Waals surface area contributed by atoms with Gasteiger partial charge in [0.2, 0.25) is 0 Å². The summed E-state index contributed by atoms with van der Waals surface area (Å²) in [4.78, 5) is 14.9. The third-order valence-electron chi connectivity index (χ3n) is 3.01. The van der Waals surface area contributed by atoms with E-state index in [1.165, 1.54) is 0 Å². The van der Waals surface area contributed by atoms with Gasteiger partial charge in [-0.1, -0.05) is 23.7 Å². The van der Waals surface area contributed by atoms with Gasteiger partial charge in [0.1, 0.15) is 0 Å². The van der Waals surface area contributed by atoms with Crippen LogP contribution in [0.4, 0.5) is 5.69 Å². The average molecular weight is 353 g/mol. The molecule has 0 fully saturated rings. The van der Waals surface area contributed by atoms with Gasteiger partial charge in [0, 0.05) is 22.9 Å². The molecule has 2 N–H and O–H groups in total. The molecular formula is C17H18Cl2N2O2. The highest BCUT2D eigenvalue weighted by atomic mass is 35.5. The fourth-order valence-electron chi connectivity index (χ4n) is 2.01. The lowest BCUT2D eigenvalue weighted by atomic mass is 10.1. The average Bonchev–Trinajstić information content (AvgIpc) is 2.48. The van der Waals surface area contributed by atoms with Crippen molar-refractivity contribution in [2.75, 3.05) is 5.32 Å². The lowest BCUT2D eigenvalue weighted by molar-refractivity contribution is -0.137. The van der Waals surface area contributed by atoms with Crippen molar-refractivity contribution in [1.82, 2.24) is 4.98 Å². The summed E-state index contributed by atoms with van der Waals surface area (Å²) in [5, 5.41) is 12.6. The van der Waals surface area contributed by atoms with Crippen LogP contribution in [0.3, 0.4) is 0 Å². The molecule has 23 heavy (non-hydrogen) atoms. The number of carboxylic acid groups (broad SMARTS) is 1. The molecule has 0 saturated heterocycles. The zero-order valence-corrected chi connectivity index (χ0v) is 14.1. The summed E-state index contributed by atoms with van der Waals surface area (Å²) in [6.07, 6.45) is 5.55. The molecule has 0 unspecified atom stereocenters. The van der Waals surface area contributed by atoms with Gasteiger partial charge in [-0.15, -0.1) is 12.4 Å². The molecule has 0 aliphatic rings. The maximum absolute atomic E-state index is 10.7. The van der Waals surface area contributed by atoms with E-state index < -0.39 is 5.97 Å². The molecule has 122 valence electrons. The summed E-state index contributed by atoms with van der Waals surface area (Å²) in [5.41, 5.74) is 2.52. The van der Waals surface area contributed by atoms with Crippen LogP contribution in [0.15, 0.2) is 42.6 Å². The Morgan fingerprint density at radius 2 is 2.13 bits per heavy atom. The summed E-state index contributed by atoms with van der Waals surface area (Å²) in [6, 6.07) is 11.0. The highest BCUT2D eigenvalue weighted by molar-refractivity contribution is 6.32. The van der Waals surface area contributed by atoms with Gasteiger partial charge in [0.25, 0.3) is 0 Å². The quantitative estimate of drug-likeness (QED) is 0.797. The molecule has 2 rings (SSSR count). The van der Waals surface area contributed by atoms with E-state index >= 15 is 0 Å². The lowest BCUT2D eigenvalue weighted by Crippen LogP contribution is -2.19. The number of hydrogen-bond donors (Lipinski definition) is 2. The van der Waals surface area contributed by atoms with Gasteiger partial charge in [-0.05, 0) is 48.9 Å². The first-order chi connectivity index (χ1) is 10.5. The summed E-state index contributed by atoms with van der Waals surface area (Å²) in [6.45, 7) is 1.83. The zero-order chi connectivity index (χ0) is 15.9. The van der Waals surface area contributed by atoms with E-state index in [-0.39, 0.29) is 24.9 Å². The molecule has 1 heterocycles. The van der Waals surface area contributed by atoms with Gasteiger partial charge in [-0.2, -0.15) is 0 Å². The van der Waals surface area contributed by atoms with Crippen LogP contribution in [0.1, 0.15) is 24.6 Å². The number of anilines is 1. The van der Waals surface area contributed by atoms with Crippen LogP contribution in [0.5, 0.6) is 0 Å². The molecule has 0 spiro atoms.